The molecule has 33 heavy (non-hydrogen) atoms. The van der Waals surface area contributed by atoms with Crippen LogP contribution in [0, 0.1) is 0 Å². The lowest BCUT2D eigenvalue weighted by atomic mass is 9.93. The summed E-state index contributed by atoms with van der Waals surface area (Å²) in [5.74, 6) is 0.973. The summed E-state index contributed by atoms with van der Waals surface area (Å²) >= 11 is 7.00. The van der Waals surface area contributed by atoms with Gasteiger partial charge < -0.3 is 15.4 Å². The van der Waals surface area contributed by atoms with Gasteiger partial charge in [0.25, 0.3) is 0 Å². The van der Waals surface area contributed by atoms with Gasteiger partial charge in [-0.15, -0.1) is 0 Å². The number of halogens is 1. The third-order valence-electron chi connectivity index (χ3n) is 6.82. The highest BCUT2D eigenvalue weighted by Gasteiger charge is 2.21. The van der Waals surface area contributed by atoms with E-state index in [4.69, 9.17) is 16.3 Å². The fourth-order valence-corrected chi connectivity index (χ4v) is 5.44. The van der Waals surface area contributed by atoms with Crippen molar-refractivity contribution in [1.82, 2.24) is 10.6 Å². The molecule has 0 saturated carbocycles. The summed E-state index contributed by atoms with van der Waals surface area (Å²) in [6, 6.07) is 19.3. The number of fused-ring (bicyclic) bond motifs is 1. The first kappa shape index (κ1) is 22.0. The Bertz CT molecular complexity index is 1190. The maximum absolute atomic E-state index is 11.4. The van der Waals surface area contributed by atoms with E-state index >= 15 is 0 Å². The molecule has 3 aromatic carbocycles. The Morgan fingerprint density at radius 1 is 1.03 bits per heavy atom. The summed E-state index contributed by atoms with van der Waals surface area (Å²) in [6.07, 6.45) is 4.99. The standard InChI is InChI=1S/C28H29ClN2O2/c1-33-26-15-19(11-12-20(26)16-30-17-21-13-14-27(32)31-21)23-8-4-10-25(28(23)29)24-9-3-6-18-5-2-7-22(18)24/h3-4,6,8-12,15,21,30H,2,5,7,13-14,16-17H2,1H3,(H,31,32)/t21-/m0/s1. The van der Waals surface area contributed by atoms with Crippen LogP contribution in [0.2, 0.25) is 5.02 Å². The average molecular weight is 461 g/mol. The molecule has 1 fully saturated rings. The monoisotopic (exact) mass is 460 g/mol. The number of ether oxygens (including phenoxy) is 1. The van der Waals surface area contributed by atoms with Crippen LogP contribution in [0.4, 0.5) is 0 Å². The Kier molecular flexibility index (Phi) is 6.39. The van der Waals surface area contributed by atoms with E-state index in [2.05, 4.69) is 65.2 Å². The zero-order valence-electron chi connectivity index (χ0n) is 18.9. The van der Waals surface area contributed by atoms with Crippen molar-refractivity contribution in [3.8, 4) is 28.0 Å². The number of rotatable bonds is 7. The van der Waals surface area contributed by atoms with Crippen LogP contribution < -0.4 is 15.4 Å². The summed E-state index contributed by atoms with van der Waals surface area (Å²) in [6.45, 7) is 1.44. The molecule has 0 bridgehead atoms. The molecule has 0 unspecified atom stereocenters. The van der Waals surface area contributed by atoms with Gasteiger partial charge in [0.2, 0.25) is 5.91 Å². The fourth-order valence-electron chi connectivity index (χ4n) is 5.10. The first-order chi connectivity index (χ1) is 16.1. The van der Waals surface area contributed by atoms with Crippen molar-refractivity contribution < 1.29 is 9.53 Å². The van der Waals surface area contributed by atoms with E-state index in [0.29, 0.717) is 13.0 Å². The molecule has 170 valence electrons. The molecule has 2 N–H and O–H groups in total. The van der Waals surface area contributed by atoms with Crippen LogP contribution in [0.5, 0.6) is 5.75 Å². The van der Waals surface area contributed by atoms with Gasteiger partial charge >= 0.3 is 0 Å². The molecule has 5 heteroatoms. The summed E-state index contributed by atoms with van der Waals surface area (Å²) in [7, 11) is 1.70. The highest BCUT2D eigenvalue weighted by atomic mass is 35.5. The summed E-state index contributed by atoms with van der Waals surface area (Å²) in [4.78, 5) is 11.4. The van der Waals surface area contributed by atoms with Crippen molar-refractivity contribution in [2.24, 2.45) is 0 Å². The van der Waals surface area contributed by atoms with Gasteiger partial charge in [-0.25, -0.2) is 0 Å². The maximum Gasteiger partial charge on any atom is 0.220 e. The topological polar surface area (TPSA) is 50.4 Å². The highest BCUT2D eigenvalue weighted by Crippen LogP contribution is 2.41. The van der Waals surface area contributed by atoms with Crippen molar-refractivity contribution in [3.63, 3.8) is 0 Å². The molecule has 5 rings (SSSR count). The van der Waals surface area contributed by atoms with Gasteiger partial charge in [-0.3, -0.25) is 4.79 Å². The van der Waals surface area contributed by atoms with Crippen molar-refractivity contribution in [3.05, 3.63) is 76.3 Å². The lowest BCUT2D eigenvalue weighted by Crippen LogP contribution is -2.35. The second-order valence-electron chi connectivity index (χ2n) is 8.92. The molecule has 1 saturated heterocycles. The molecule has 0 aromatic heterocycles. The minimum atomic E-state index is 0.142. The Morgan fingerprint density at radius 2 is 1.85 bits per heavy atom. The predicted octanol–water partition coefficient (Wildman–Crippen LogP) is 5.54. The minimum absolute atomic E-state index is 0.142. The third-order valence-corrected chi connectivity index (χ3v) is 7.23. The first-order valence-corrected chi connectivity index (χ1v) is 12.1. The van der Waals surface area contributed by atoms with Gasteiger partial charge in [-0.1, -0.05) is 60.1 Å². The summed E-state index contributed by atoms with van der Waals surface area (Å²) in [5.41, 5.74) is 8.37. The number of carbonyl (C=O) groups is 1. The predicted molar refractivity (Wildman–Crippen MR) is 134 cm³/mol. The number of methoxy groups -OCH3 is 1. The lowest BCUT2D eigenvalue weighted by molar-refractivity contribution is -0.119. The largest absolute Gasteiger partial charge is 0.496 e. The summed E-state index contributed by atoms with van der Waals surface area (Å²) in [5, 5.41) is 7.22. The Balaban J connectivity index is 1.39. The van der Waals surface area contributed by atoms with E-state index < -0.39 is 0 Å². The van der Waals surface area contributed by atoms with E-state index in [1.54, 1.807) is 7.11 Å². The third kappa shape index (κ3) is 4.50. The molecule has 3 aromatic rings. The molecular weight excluding hydrogens is 432 g/mol. The molecule has 4 nitrogen and oxygen atoms in total. The fraction of sp³-hybridized carbons (Fsp3) is 0.321. The molecule has 0 spiro atoms. The van der Waals surface area contributed by atoms with Gasteiger partial charge in [-0.05, 0) is 54.0 Å². The van der Waals surface area contributed by atoms with Crippen LogP contribution in [0.3, 0.4) is 0 Å². The Morgan fingerprint density at radius 3 is 2.67 bits per heavy atom. The Labute approximate surface area is 200 Å². The van der Waals surface area contributed by atoms with Crippen LogP contribution in [0.15, 0.2) is 54.6 Å². The van der Waals surface area contributed by atoms with Gasteiger partial charge in [0.1, 0.15) is 5.75 Å². The lowest BCUT2D eigenvalue weighted by Gasteiger charge is -2.16. The normalized spacial score (nSPS) is 17.2. The number of benzene rings is 3. The van der Waals surface area contributed by atoms with E-state index in [1.165, 1.54) is 23.1 Å². The molecule has 1 amide bonds. The number of hydrogen-bond acceptors (Lipinski definition) is 3. The van der Waals surface area contributed by atoms with Gasteiger partial charge in [0, 0.05) is 42.2 Å². The number of hydrogen-bond donors (Lipinski definition) is 2. The van der Waals surface area contributed by atoms with Crippen molar-refractivity contribution in [1.29, 1.82) is 0 Å². The SMILES string of the molecule is COc1cc(-c2cccc(-c3cccc4c3CCC4)c2Cl)ccc1CNC[C@@H]1CCC(=O)N1. The second kappa shape index (κ2) is 9.58. The number of aryl methyl sites for hydroxylation is 1. The second-order valence-corrected chi connectivity index (χ2v) is 9.30. The Hall–Kier alpha value is -2.82. The average Bonchev–Trinajstić information content (AvgIpc) is 3.48. The van der Waals surface area contributed by atoms with E-state index in [-0.39, 0.29) is 11.9 Å². The molecule has 1 aliphatic heterocycles. The van der Waals surface area contributed by atoms with E-state index in [9.17, 15) is 4.79 Å². The summed E-state index contributed by atoms with van der Waals surface area (Å²) < 4.78 is 5.71. The van der Waals surface area contributed by atoms with Crippen molar-refractivity contribution >= 4 is 17.5 Å². The first-order valence-electron chi connectivity index (χ1n) is 11.7. The van der Waals surface area contributed by atoms with Crippen molar-refractivity contribution in [2.45, 2.75) is 44.7 Å². The number of amides is 1. The van der Waals surface area contributed by atoms with Crippen LogP contribution in [0.25, 0.3) is 22.3 Å². The zero-order chi connectivity index (χ0) is 22.8. The van der Waals surface area contributed by atoms with E-state index in [0.717, 1.165) is 58.8 Å². The van der Waals surface area contributed by atoms with Crippen LogP contribution in [0.1, 0.15) is 36.0 Å². The van der Waals surface area contributed by atoms with Gasteiger partial charge in [0.05, 0.1) is 12.1 Å². The van der Waals surface area contributed by atoms with Crippen LogP contribution in [-0.2, 0) is 24.2 Å². The molecule has 2 aliphatic rings. The smallest absolute Gasteiger partial charge is 0.220 e. The minimum Gasteiger partial charge on any atom is -0.496 e. The van der Waals surface area contributed by atoms with Crippen LogP contribution in [-0.4, -0.2) is 25.6 Å². The van der Waals surface area contributed by atoms with Gasteiger partial charge in [0.15, 0.2) is 0 Å². The van der Waals surface area contributed by atoms with Gasteiger partial charge in [-0.2, -0.15) is 0 Å². The number of carbonyl (C=O) groups excluding carboxylic acids is 1. The van der Waals surface area contributed by atoms with Crippen molar-refractivity contribution in [2.75, 3.05) is 13.7 Å². The molecule has 1 atom stereocenters. The molecule has 0 radical (unpaired) electrons. The van der Waals surface area contributed by atoms with E-state index in [1.807, 2.05) is 0 Å². The highest BCUT2D eigenvalue weighted by molar-refractivity contribution is 6.36. The quantitative estimate of drug-likeness (QED) is 0.486. The number of nitrogens with one attached hydrogen (secondary N) is 2. The molecular formula is C28H29ClN2O2. The zero-order valence-corrected chi connectivity index (χ0v) is 19.7. The molecule has 1 aliphatic carbocycles. The maximum atomic E-state index is 11.4. The van der Waals surface area contributed by atoms with Crippen LogP contribution >= 0.6 is 11.6 Å². The molecule has 1 heterocycles.